The summed E-state index contributed by atoms with van der Waals surface area (Å²) >= 11 is 9.15. The molecule has 0 saturated heterocycles. The molecule has 0 aliphatic carbocycles. The monoisotopic (exact) mass is 417 g/mol. The molecule has 0 heterocycles. The zero-order valence-electron chi connectivity index (χ0n) is 12.2. The first-order chi connectivity index (χ1) is 11.0. The second-order valence-electron chi connectivity index (χ2n) is 5.04. The smallest absolute Gasteiger partial charge is 0.158 e. The van der Waals surface area contributed by atoms with Crippen LogP contribution in [0.25, 0.3) is 0 Å². The molecule has 1 N–H and O–H groups in total. The maximum absolute atomic E-state index is 11.3. The molecule has 0 bridgehead atoms. The van der Waals surface area contributed by atoms with Gasteiger partial charge in [0.1, 0.15) is 5.88 Å². The number of halogens is 2. The van der Waals surface area contributed by atoms with Crippen LogP contribution in [0.4, 0.5) is 5.69 Å². The second-order valence-corrected chi connectivity index (χ2v) is 7.15. The number of benzene rings is 2. The third kappa shape index (κ3) is 5.21. The van der Waals surface area contributed by atoms with Crippen LogP contribution in [-0.2, 0) is 17.2 Å². The van der Waals surface area contributed by atoms with Gasteiger partial charge in [-0.2, -0.15) is 0 Å². The van der Waals surface area contributed by atoms with Crippen molar-refractivity contribution in [2.45, 2.75) is 12.6 Å². The van der Waals surface area contributed by atoms with Crippen molar-refractivity contribution in [3.63, 3.8) is 0 Å². The van der Waals surface area contributed by atoms with E-state index in [2.05, 4.69) is 15.9 Å². The number of rotatable bonds is 7. The molecule has 1 unspecified atom stereocenters. The highest BCUT2D eigenvalue weighted by Gasteiger charge is 2.15. The van der Waals surface area contributed by atoms with Gasteiger partial charge in [0.05, 0.1) is 17.7 Å². The van der Waals surface area contributed by atoms with Gasteiger partial charge in [0.15, 0.2) is 10.7 Å². The van der Waals surface area contributed by atoms with Crippen molar-refractivity contribution in [1.29, 1.82) is 0 Å². The molecule has 23 heavy (non-hydrogen) atoms. The molecule has 0 spiro atoms. The normalized spacial score (nSPS) is 12.3. The number of aliphatic hydroxyl groups is 1. The standard InChI is InChI=1S/C16H17BrClNO3S/c17-14-7-6-13(16(20)9-18)8-15(14)19(11-23(21)22)10-12-4-2-1-3-5-12/h1-8,16,20,23H,9-11H2. The fraction of sp³-hybridized carbons (Fsp3) is 0.250. The van der Waals surface area contributed by atoms with E-state index in [1.165, 1.54) is 0 Å². The van der Waals surface area contributed by atoms with Crippen LogP contribution in [0.15, 0.2) is 53.0 Å². The lowest BCUT2D eigenvalue weighted by Crippen LogP contribution is -2.25. The maximum Gasteiger partial charge on any atom is 0.158 e. The zero-order chi connectivity index (χ0) is 16.8. The minimum absolute atomic E-state index is 0.0789. The highest BCUT2D eigenvalue weighted by Crippen LogP contribution is 2.31. The number of thiol groups is 1. The van der Waals surface area contributed by atoms with Crippen LogP contribution in [0.1, 0.15) is 17.2 Å². The summed E-state index contributed by atoms with van der Waals surface area (Å²) < 4.78 is 23.3. The van der Waals surface area contributed by atoms with Crippen molar-refractivity contribution < 1.29 is 13.5 Å². The van der Waals surface area contributed by atoms with Gasteiger partial charge in [-0.25, -0.2) is 8.42 Å². The van der Waals surface area contributed by atoms with Crippen LogP contribution in [0.3, 0.4) is 0 Å². The lowest BCUT2D eigenvalue weighted by atomic mass is 10.1. The minimum atomic E-state index is -2.58. The summed E-state index contributed by atoms with van der Waals surface area (Å²) in [6.45, 7) is 0.448. The van der Waals surface area contributed by atoms with E-state index in [0.29, 0.717) is 17.8 Å². The predicted octanol–water partition coefficient (Wildman–Crippen LogP) is 3.30. The Kier molecular flexibility index (Phi) is 6.89. The van der Waals surface area contributed by atoms with Gasteiger partial charge in [0.2, 0.25) is 0 Å². The molecule has 0 aromatic heterocycles. The van der Waals surface area contributed by atoms with E-state index >= 15 is 0 Å². The van der Waals surface area contributed by atoms with E-state index in [4.69, 9.17) is 11.6 Å². The summed E-state index contributed by atoms with van der Waals surface area (Å²) in [7, 11) is -2.58. The van der Waals surface area contributed by atoms with Gasteiger partial charge in [-0.15, -0.1) is 11.6 Å². The molecule has 0 amide bonds. The topological polar surface area (TPSA) is 57.6 Å². The van der Waals surface area contributed by atoms with Crippen molar-refractivity contribution in [3.05, 3.63) is 64.1 Å². The molecule has 0 saturated carbocycles. The molecule has 0 radical (unpaired) electrons. The van der Waals surface area contributed by atoms with E-state index in [1.54, 1.807) is 23.1 Å². The Morgan fingerprint density at radius 3 is 2.48 bits per heavy atom. The molecule has 0 aliphatic heterocycles. The van der Waals surface area contributed by atoms with Crippen molar-refractivity contribution >= 4 is 43.9 Å². The van der Waals surface area contributed by atoms with Gasteiger partial charge in [0, 0.05) is 11.0 Å². The van der Waals surface area contributed by atoms with Crippen LogP contribution in [-0.4, -0.2) is 25.3 Å². The number of nitrogens with zero attached hydrogens (tertiary/aromatic N) is 1. The minimum Gasteiger partial charge on any atom is -0.387 e. The summed E-state index contributed by atoms with van der Waals surface area (Å²) in [5.74, 6) is -0.0289. The highest BCUT2D eigenvalue weighted by atomic mass is 79.9. The number of aliphatic hydroxyl groups excluding tert-OH is 1. The molecule has 1 atom stereocenters. The number of alkyl halides is 1. The average Bonchev–Trinajstić information content (AvgIpc) is 2.54. The first-order valence-electron chi connectivity index (χ1n) is 6.95. The Balaban J connectivity index is 2.38. The number of hydrogen-bond acceptors (Lipinski definition) is 4. The second kappa shape index (κ2) is 8.68. The molecule has 2 rings (SSSR count). The number of anilines is 1. The summed E-state index contributed by atoms with van der Waals surface area (Å²) in [6.07, 6.45) is -0.789. The van der Waals surface area contributed by atoms with Gasteiger partial charge in [-0.05, 0) is 39.2 Å². The van der Waals surface area contributed by atoms with E-state index in [1.807, 2.05) is 30.3 Å². The van der Waals surface area contributed by atoms with Gasteiger partial charge >= 0.3 is 0 Å². The van der Waals surface area contributed by atoms with Crippen molar-refractivity contribution in [2.75, 3.05) is 16.7 Å². The van der Waals surface area contributed by atoms with E-state index in [9.17, 15) is 13.5 Å². The van der Waals surface area contributed by atoms with Gasteiger partial charge in [-0.3, -0.25) is 0 Å². The molecule has 0 aliphatic rings. The number of hydrogen-bond donors (Lipinski definition) is 2. The Bertz CT molecular complexity index is 717. The molecule has 2 aromatic carbocycles. The third-order valence-corrected chi connectivity index (χ3v) is 4.88. The van der Waals surface area contributed by atoms with Crippen LogP contribution in [0.5, 0.6) is 0 Å². The van der Waals surface area contributed by atoms with Gasteiger partial charge < -0.3 is 10.0 Å². The predicted molar refractivity (Wildman–Crippen MR) is 97.6 cm³/mol. The average molecular weight is 419 g/mol. The summed E-state index contributed by atoms with van der Waals surface area (Å²) in [5, 5.41) is 9.91. The summed E-state index contributed by atoms with van der Waals surface area (Å²) in [5.41, 5.74) is 2.35. The first-order valence-corrected chi connectivity index (χ1v) is 9.64. The van der Waals surface area contributed by atoms with E-state index in [0.717, 1.165) is 10.0 Å². The highest BCUT2D eigenvalue weighted by molar-refractivity contribution is 9.10. The van der Waals surface area contributed by atoms with Crippen molar-refractivity contribution in [3.8, 4) is 0 Å². The summed E-state index contributed by atoms with van der Waals surface area (Å²) in [4.78, 5) is 1.75. The largest absolute Gasteiger partial charge is 0.387 e. The fourth-order valence-corrected chi connectivity index (χ4v) is 3.43. The zero-order valence-corrected chi connectivity index (χ0v) is 15.5. The Hall–Kier alpha value is -1.08. The fourth-order valence-electron chi connectivity index (χ4n) is 2.22. The lowest BCUT2D eigenvalue weighted by molar-refractivity contribution is 0.202. The van der Waals surface area contributed by atoms with E-state index in [-0.39, 0.29) is 11.8 Å². The third-order valence-electron chi connectivity index (χ3n) is 3.34. The van der Waals surface area contributed by atoms with Crippen LogP contribution < -0.4 is 4.90 Å². The molecule has 7 heteroatoms. The Morgan fingerprint density at radius 2 is 1.87 bits per heavy atom. The van der Waals surface area contributed by atoms with Crippen LogP contribution in [0.2, 0.25) is 0 Å². The molecule has 124 valence electrons. The molecular weight excluding hydrogens is 402 g/mol. The molecule has 2 aromatic rings. The van der Waals surface area contributed by atoms with Crippen LogP contribution >= 0.6 is 27.5 Å². The summed E-state index contributed by atoms with van der Waals surface area (Å²) in [6, 6.07) is 14.9. The van der Waals surface area contributed by atoms with Crippen molar-refractivity contribution in [1.82, 2.24) is 0 Å². The van der Waals surface area contributed by atoms with E-state index < -0.39 is 16.8 Å². The molecule has 0 fully saturated rings. The lowest BCUT2D eigenvalue weighted by Gasteiger charge is -2.25. The Morgan fingerprint density at radius 1 is 1.17 bits per heavy atom. The van der Waals surface area contributed by atoms with Crippen molar-refractivity contribution in [2.24, 2.45) is 0 Å². The van der Waals surface area contributed by atoms with Gasteiger partial charge in [-0.1, -0.05) is 36.4 Å². The maximum atomic E-state index is 11.3. The first kappa shape index (κ1) is 18.3. The van der Waals surface area contributed by atoms with Gasteiger partial charge in [0.25, 0.3) is 0 Å². The quantitative estimate of drug-likeness (QED) is 0.535. The molecule has 4 nitrogen and oxygen atoms in total. The SMILES string of the molecule is O=[SH](=O)CN(Cc1ccccc1)c1cc(C(O)CCl)ccc1Br. The molecular formula is C16H17BrClNO3S. The Labute approximate surface area is 150 Å². The van der Waals surface area contributed by atoms with Crippen LogP contribution in [0, 0.1) is 0 Å².